The first-order valence-electron chi connectivity index (χ1n) is 5.67. The van der Waals surface area contributed by atoms with E-state index in [1.807, 2.05) is 0 Å². The predicted molar refractivity (Wildman–Crippen MR) is 85.2 cm³/mol. The molecule has 2 N–H and O–H groups in total. The third-order valence-electron chi connectivity index (χ3n) is 2.59. The Balaban J connectivity index is 2.47. The number of nitrogens with one attached hydrogen (secondary N) is 2. The molecule has 0 spiro atoms. The van der Waals surface area contributed by atoms with Crippen molar-refractivity contribution >= 4 is 57.8 Å². The first-order valence-corrected chi connectivity index (χ1v) is 6.80. The van der Waals surface area contributed by atoms with Gasteiger partial charge in [0, 0.05) is 13.1 Å². The van der Waals surface area contributed by atoms with Crippen molar-refractivity contribution in [2.45, 2.75) is 0 Å². The molecular weight excluding hydrogens is 339 g/mol. The highest BCUT2D eigenvalue weighted by molar-refractivity contribution is 6.44. The Morgan fingerprint density at radius 2 is 1.81 bits per heavy atom. The van der Waals surface area contributed by atoms with Crippen LogP contribution in [0, 0.1) is 10.1 Å². The molecule has 21 heavy (non-hydrogen) atoms. The summed E-state index contributed by atoms with van der Waals surface area (Å²) < 4.78 is 0. The van der Waals surface area contributed by atoms with E-state index in [0.717, 1.165) is 0 Å². The number of rotatable bonds is 4. The van der Waals surface area contributed by atoms with E-state index in [2.05, 4.69) is 15.6 Å². The highest BCUT2D eigenvalue weighted by Gasteiger charge is 2.17. The number of pyridine rings is 1. The summed E-state index contributed by atoms with van der Waals surface area (Å²) in [5.74, 6) is 0.520. The van der Waals surface area contributed by atoms with Crippen molar-refractivity contribution in [3.63, 3.8) is 0 Å². The molecule has 0 saturated carbocycles. The van der Waals surface area contributed by atoms with Crippen LogP contribution < -0.4 is 10.6 Å². The van der Waals surface area contributed by atoms with Crippen LogP contribution in [0.1, 0.15) is 0 Å². The van der Waals surface area contributed by atoms with Gasteiger partial charge in [0.15, 0.2) is 0 Å². The molecule has 0 bridgehead atoms. The van der Waals surface area contributed by atoms with E-state index in [1.54, 1.807) is 7.05 Å². The number of hydrogen-bond donors (Lipinski definition) is 2. The quantitative estimate of drug-likeness (QED) is 0.474. The SMILES string of the molecule is CNc1ccc([N+](=O)[O-])c(Nc2cc(Cl)c(Cl)cc2Cl)n1. The van der Waals surface area contributed by atoms with E-state index >= 15 is 0 Å². The molecule has 9 heteroatoms. The molecule has 0 aliphatic carbocycles. The molecule has 0 atom stereocenters. The summed E-state index contributed by atoms with van der Waals surface area (Å²) in [5, 5.41) is 17.5. The van der Waals surface area contributed by atoms with Gasteiger partial charge in [-0.25, -0.2) is 4.98 Å². The fourth-order valence-corrected chi connectivity index (χ4v) is 2.17. The Morgan fingerprint density at radius 1 is 1.14 bits per heavy atom. The van der Waals surface area contributed by atoms with Crippen molar-refractivity contribution < 1.29 is 4.92 Å². The number of hydrogen-bond acceptors (Lipinski definition) is 5. The van der Waals surface area contributed by atoms with Gasteiger partial charge in [-0.05, 0) is 18.2 Å². The average molecular weight is 348 g/mol. The molecule has 6 nitrogen and oxygen atoms in total. The zero-order valence-corrected chi connectivity index (χ0v) is 12.9. The van der Waals surface area contributed by atoms with Crippen LogP contribution in [0.15, 0.2) is 24.3 Å². The fraction of sp³-hybridized carbons (Fsp3) is 0.0833. The van der Waals surface area contributed by atoms with Gasteiger partial charge in [-0.1, -0.05) is 34.8 Å². The number of halogens is 3. The van der Waals surface area contributed by atoms with Gasteiger partial charge in [0.2, 0.25) is 5.82 Å². The largest absolute Gasteiger partial charge is 0.373 e. The van der Waals surface area contributed by atoms with Crippen LogP contribution >= 0.6 is 34.8 Å². The van der Waals surface area contributed by atoms with Crippen molar-refractivity contribution in [1.29, 1.82) is 0 Å². The molecular formula is C12H9Cl3N4O2. The van der Waals surface area contributed by atoms with Crippen LogP contribution in [0.4, 0.5) is 23.0 Å². The number of aromatic nitrogens is 1. The molecule has 1 aromatic heterocycles. The lowest BCUT2D eigenvalue weighted by Gasteiger charge is -2.10. The Kier molecular flexibility index (Phi) is 4.72. The van der Waals surface area contributed by atoms with Crippen molar-refractivity contribution in [2.75, 3.05) is 17.7 Å². The molecule has 1 heterocycles. The Bertz CT molecular complexity index is 709. The molecule has 0 radical (unpaired) electrons. The summed E-state index contributed by atoms with van der Waals surface area (Å²) in [4.78, 5) is 14.6. The molecule has 0 aliphatic rings. The average Bonchev–Trinajstić information content (AvgIpc) is 2.44. The molecule has 0 unspecified atom stereocenters. The van der Waals surface area contributed by atoms with Gasteiger partial charge in [0.05, 0.1) is 25.7 Å². The van der Waals surface area contributed by atoms with Crippen LogP contribution in [0.25, 0.3) is 0 Å². The first kappa shape index (κ1) is 15.6. The lowest BCUT2D eigenvalue weighted by molar-refractivity contribution is -0.384. The second-order valence-electron chi connectivity index (χ2n) is 3.94. The van der Waals surface area contributed by atoms with Crippen LogP contribution in [-0.2, 0) is 0 Å². The minimum atomic E-state index is -0.541. The first-order chi connectivity index (χ1) is 9.92. The molecule has 2 rings (SSSR count). The van der Waals surface area contributed by atoms with Crippen molar-refractivity contribution in [2.24, 2.45) is 0 Å². The summed E-state index contributed by atoms with van der Waals surface area (Å²) in [6, 6.07) is 5.76. The van der Waals surface area contributed by atoms with E-state index in [0.29, 0.717) is 16.5 Å². The van der Waals surface area contributed by atoms with E-state index in [9.17, 15) is 10.1 Å². The monoisotopic (exact) mass is 346 g/mol. The lowest BCUT2D eigenvalue weighted by Crippen LogP contribution is -2.02. The number of anilines is 3. The van der Waals surface area contributed by atoms with E-state index in [1.165, 1.54) is 24.3 Å². The fourth-order valence-electron chi connectivity index (χ4n) is 1.58. The number of nitro groups is 1. The van der Waals surface area contributed by atoms with Gasteiger partial charge in [-0.3, -0.25) is 10.1 Å². The highest BCUT2D eigenvalue weighted by Crippen LogP contribution is 2.35. The van der Waals surface area contributed by atoms with E-state index in [-0.39, 0.29) is 21.6 Å². The van der Waals surface area contributed by atoms with E-state index in [4.69, 9.17) is 34.8 Å². The Morgan fingerprint density at radius 3 is 2.43 bits per heavy atom. The summed E-state index contributed by atoms with van der Waals surface area (Å²) in [6.07, 6.45) is 0. The third kappa shape index (κ3) is 3.47. The normalized spacial score (nSPS) is 10.3. The second-order valence-corrected chi connectivity index (χ2v) is 5.16. The summed E-state index contributed by atoms with van der Waals surface area (Å²) in [7, 11) is 1.66. The molecule has 110 valence electrons. The molecule has 0 aliphatic heterocycles. The van der Waals surface area contributed by atoms with Gasteiger partial charge >= 0.3 is 5.69 Å². The summed E-state index contributed by atoms with van der Waals surface area (Å²) >= 11 is 17.8. The predicted octanol–water partition coefficient (Wildman–Crippen LogP) is 4.74. The van der Waals surface area contributed by atoms with Gasteiger partial charge in [0.1, 0.15) is 5.82 Å². The molecule has 2 aromatic rings. The van der Waals surface area contributed by atoms with Crippen LogP contribution in [0.2, 0.25) is 15.1 Å². The number of nitrogens with zero attached hydrogens (tertiary/aromatic N) is 2. The minimum absolute atomic E-state index is 0.0483. The van der Waals surface area contributed by atoms with Gasteiger partial charge < -0.3 is 10.6 Å². The maximum atomic E-state index is 11.0. The summed E-state index contributed by atoms with van der Waals surface area (Å²) in [5.41, 5.74) is 0.186. The zero-order chi connectivity index (χ0) is 15.6. The second kappa shape index (κ2) is 6.34. The van der Waals surface area contributed by atoms with Gasteiger partial charge in [0.25, 0.3) is 0 Å². The van der Waals surface area contributed by atoms with Gasteiger partial charge in [-0.2, -0.15) is 0 Å². The molecule has 1 aromatic carbocycles. The third-order valence-corrected chi connectivity index (χ3v) is 3.62. The highest BCUT2D eigenvalue weighted by atomic mass is 35.5. The number of benzene rings is 1. The van der Waals surface area contributed by atoms with E-state index < -0.39 is 4.92 Å². The lowest BCUT2D eigenvalue weighted by atomic mass is 10.3. The Hall–Kier alpha value is -1.76. The smallest absolute Gasteiger partial charge is 0.311 e. The molecule has 0 amide bonds. The molecule has 0 fully saturated rings. The molecule has 0 saturated heterocycles. The topological polar surface area (TPSA) is 80.1 Å². The van der Waals surface area contributed by atoms with Crippen molar-refractivity contribution in [3.8, 4) is 0 Å². The minimum Gasteiger partial charge on any atom is -0.373 e. The van der Waals surface area contributed by atoms with Crippen molar-refractivity contribution in [1.82, 2.24) is 4.98 Å². The maximum absolute atomic E-state index is 11.0. The summed E-state index contributed by atoms with van der Waals surface area (Å²) in [6.45, 7) is 0. The van der Waals surface area contributed by atoms with Crippen LogP contribution in [0.5, 0.6) is 0 Å². The van der Waals surface area contributed by atoms with Crippen LogP contribution in [-0.4, -0.2) is 17.0 Å². The standard InChI is InChI=1S/C12H9Cl3N4O2/c1-16-11-3-2-10(19(20)21)12(18-11)17-9-5-7(14)6(13)4-8(9)15/h2-5H,1H3,(H2,16,17,18). The van der Waals surface area contributed by atoms with Crippen LogP contribution in [0.3, 0.4) is 0 Å². The van der Waals surface area contributed by atoms with Gasteiger partial charge in [-0.15, -0.1) is 0 Å². The Labute approximate surface area is 135 Å². The maximum Gasteiger partial charge on any atom is 0.311 e. The zero-order valence-electron chi connectivity index (χ0n) is 10.7. The van der Waals surface area contributed by atoms with Crippen molar-refractivity contribution in [3.05, 3.63) is 49.4 Å².